The van der Waals surface area contributed by atoms with Crippen LogP contribution in [0.2, 0.25) is 0 Å². The topological polar surface area (TPSA) is 78.0 Å². The number of aromatic nitrogens is 1. The number of amides is 2. The van der Waals surface area contributed by atoms with Crippen molar-refractivity contribution in [2.75, 3.05) is 57.3 Å². The van der Waals surface area contributed by atoms with Crippen LogP contribution >= 0.6 is 0 Å². The van der Waals surface area contributed by atoms with Gasteiger partial charge in [0.2, 0.25) is 0 Å². The Morgan fingerprint density at radius 3 is 2.50 bits per heavy atom. The van der Waals surface area contributed by atoms with Crippen LogP contribution in [0.5, 0.6) is 0 Å². The van der Waals surface area contributed by atoms with Gasteiger partial charge in [-0.3, -0.25) is 9.78 Å². The van der Waals surface area contributed by atoms with E-state index in [0.717, 1.165) is 51.3 Å². The van der Waals surface area contributed by atoms with E-state index in [9.17, 15) is 9.59 Å². The highest BCUT2D eigenvalue weighted by molar-refractivity contribution is 5.93. The van der Waals surface area contributed by atoms with E-state index in [1.165, 1.54) is 0 Å². The summed E-state index contributed by atoms with van der Waals surface area (Å²) in [5.41, 5.74) is 1.50. The van der Waals surface area contributed by atoms with Gasteiger partial charge in [-0.2, -0.15) is 0 Å². The summed E-state index contributed by atoms with van der Waals surface area (Å²) in [6, 6.07) is 3.90. The molecule has 0 spiro atoms. The van der Waals surface area contributed by atoms with Crippen molar-refractivity contribution in [3.63, 3.8) is 0 Å². The van der Waals surface area contributed by atoms with E-state index in [1.54, 1.807) is 18.0 Å². The van der Waals surface area contributed by atoms with Crippen LogP contribution in [0, 0.1) is 0 Å². The number of ether oxygens (including phenoxy) is 1. The van der Waals surface area contributed by atoms with Crippen molar-refractivity contribution in [3.05, 3.63) is 24.0 Å². The number of hydrogen-bond donors (Lipinski definition) is 1. The van der Waals surface area contributed by atoms with Gasteiger partial charge >= 0.3 is 6.09 Å². The maximum Gasteiger partial charge on any atom is 0.409 e. The summed E-state index contributed by atoms with van der Waals surface area (Å²) in [6.07, 6.45) is 2.89. The van der Waals surface area contributed by atoms with Crippen LogP contribution in [0.4, 0.5) is 10.5 Å². The highest BCUT2D eigenvalue weighted by Gasteiger charge is 2.25. The zero-order valence-corrected chi connectivity index (χ0v) is 16.9. The van der Waals surface area contributed by atoms with E-state index in [2.05, 4.69) is 27.0 Å². The van der Waals surface area contributed by atoms with E-state index in [0.29, 0.717) is 25.4 Å². The number of rotatable bonds is 5. The number of carbonyl (C=O) groups is 2. The fraction of sp³-hybridized carbons (Fsp3) is 0.650. The Kier molecular flexibility index (Phi) is 7.08. The molecular formula is C20H31N5O3. The summed E-state index contributed by atoms with van der Waals surface area (Å²) in [5, 5.41) is 3.07. The Hall–Kier alpha value is -2.35. The molecule has 0 atom stereocenters. The van der Waals surface area contributed by atoms with Gasteiger partial charge in [0.1, 0.15) is 5.69 Å². The summed E-state index contributed by atoms with van der Waals surface area (Å²) in [5.74, 6) is -0.149. The average Bonchev–Trinajstić information content (AvgIpc) is 2.74. The Bertz CT molecular complexity index is 668. The lowest BCUT2D eigenvalue weighted by Crippen LogP contribution is -2.47. The first-order valence-corrected chi connectivity index (χ1v) is 10.3. The first kappa shape index (κ1) is 20.4. The molecule has 1 aromatic rings. The van der Waals surface area contributed by atoms with Crippen molar-refractivity contribution < 1.29 is 14.3 Å². The van der Waals surface area contributed by atoms with Gasteiger partial charge in [0.05, 0.1) is 6.61 Å². The minimum atomic E-state index is -0.273. The monoisotopic (exact) mass is 389 g/mol. The summed E-state index contributed by atoms with van der Waals surface area (Å²) >= 11 is 0. The third-order valence-corrected chi connectivity index (χ3v) is 5.52. The van der Waals surface area contributed by atoms with Gasteiger partial charge in [0.25, 0.3) is 5.91 Å². The molecule has 154 valence electrons. The predicted octanol–water partition coefficient (Wildman–Crippen LogP) is 1.57. The van der Waals surface area contributed by atoms with Crippen molar-refractivity contribution in [2.24, 2.45) is 0 Å². The summed E-state index contributed by atoms with van der Waals surface area (Å²) < 4.78 is 5.03. The molecule has 0 unspecified atom stereocenters. The Morgan fingerprint density at radius 2 is 1.86 bits per heavy atom. The molecule has 0 radical (unpaired) electrons. The van der Waals surface area contributed by atoms with Crippen LogP contribution in [0.1, 0.15) is 37.2 Å². The number of carbonyl (C=O) groups excluding carboxylic acids is 2. The van der Waals surface area contributed by atoms with Crippen LogP contribution in [0.15, 0.2) is 18.3 Å². The predicted molar refractivity (Wildman–Crippen MR) is 108 cm³/mol. The quantitative estimate of drug-likeness (QED) is 0.824. The molecule has 2 saturated heterocycles. The van der Waals surface area contributed by atoms with Gasteiger partial charge in [0.15, 0.2) is 0 Å². The fourth-order valence-corrected chi connectivity index (χ4v) is 3.74. The molecule has 2 aliphatic heterocycles. The second kappa shape index (κ2) is 9.73. The minimum absolute atomic E-state index is 0.0525. The first-order valence-electron chi connectivity index (χ1n) is 10.3. The van der Waals surface area contributed by atoms with Crippen molar-refractivity contribution in [3.8, 4) is 0 Å². The lowest BCUT2D eigenvalue weighted by atomic mass is 10.1. The van der Waals surface area contributed by atoms with Crippen molar-refractivity contribution in [1.29, 1.82) is 0 Å². The molecule has 28 heavy (non-hydrogen) atoms. The van der Waals surface area contributed by atoms with E-state index in [4.69, 9.17) is 4.74 Å². The molecule has 0 aromatic carbocycles. The van der Waals surface area contributed by atoms with Crippen LogP contribution in [-0.4, -0.2) is 85.2 Å². The molecule has 1 aromatic heterocycles. The number of hydrogen-bond acceptors (Lipinski definition) is 6. The summed E-state index contributed by atoms with van der Waals surface area (Å²) in [6.45, 7) is 10.6. The zero-order chi connectivity index (χ0) is 19.9. The molecule has 0 saturated carbocycles. The van der Waals surface area contributed by atoms with E-state index in [1.807, 2.05) is 12.1 Å². The van der Waals surface area contributed by atoms with Gasteiger partial charge < -0.3 is 24.8 Å². The van der Waals surface area contributed by atoms with Gasteiger partial charge in [-0.05, 0) is 38.4 Å². The number of nitrogens with one attached hydrogen (secondary N) is 1. The van der Waals surface area contributed by atoms with Crippen LogP contribution in [0.3, 0.4) is 0 Å². The lowest BCUT2D eigenvalue weighted by Gasteiger charge is -2.35. The number of anilines is 1. The van der Waals surface area contributed by atoms with E-state index in [-0.39, 0.29) is 18.0 Å². The molecule has 3 rings (SSSR count). The zero-order valence-electron chi connectivity index (χ0n) is 16.9. The molecule has 1 N–H and O–H groups in total. The fourth-order valence-electron chi connectivity index (χ4n) is 3.74. The molecule has 2 fully saturated rings. The second-order valence-electron chi connectivity index (χ2n) is 7.25. The maximum absolute atomic E-state index is 12.7. The lowest BCUT2D eigenvalue weighted by molar-refractivity contribution is 0.0856. The van der Waals surface area contributed by atoms with Crippen LogP contribution in [-0.2, 0) is 4.74 Å². The minimum Gasteiger partial charge on any atom is -0.450 e. The largest absolute Gasteiger partial charge is 0.450 e. The first-order chi connectivity index (χ1) is 13.6. The molecular weight excluding hydrogens is 358 g/mol. The van der Waals surface area contributed by atoms with Crippen LogP contribution < -0.4 is 10.2 Å². The second-order valence-corrected chi connectivity index (χ2v) is 7.25. The van der Waals surface area contributed by atoms with Crippen molar-refractivity contribution in [1.82, 2.24) is 20.1 Å². The molecule has 8 heteroatoms. The number of piperidine rings is 1. The third kappa shape index (κ3) is 5.13. The van der Waals surface area contributed by atoms with Crippen molar-refractivity contribution in [2.45, 2.75) is 32.7 Å². The van der Waals surface area contributed by atoms with E-state index >= 15 is 0 Å². The molecule has 8 nitrogen and oxygen atoms in total. The summed E-state index contributed by atoms with van der Waals surface area (Å²) in [7, 11) is 0. The molecule has 2 aliphatic rings. The Morgan fingerprint density at radius 1 is 1.14 bits per heavy atom. The number of pyridine rings is 1. The van der Waals surface area contributed by atoms with Crippen molar-refractivity contribution >= 4 is 17.7 Å². The highest BCUT2D eigenvalue weighted by atomic mass is 16.6. The third-order valence-electron chi connectivity index (χ3n) is 5.52. The molecule has 0 bridgehead atoms. The molecule has 2 amide bonds. The highest BCUT2D eigenvalue weighted by Crippen LogP contribution is 2.18. The normalized spacial score (nSPS) is 18.8. The van der Waals surface area contributed by atoms with E-state index < -0.39 is 0 Å². The average molecular weight is 390 g/mol. The number of piperazine rings is 1. The molecule has 0 aliphatic carbocycles. The maximum atomic E-state index is 12.7. The summed E-state index contributed by atoms with van der Waals surface area (Å²) in [4.78, 5) is 35.1. The SMILES string of the molecule is CCOC(=O)N1CCC(NC(=O)c2cc(N3CCN(CC)CC3)ccn2)CC1. The van der Waals surface area contributed by atoms with Gasteiger partial charge in [0, 0.05) is 57.2 Å². The van der Waals surface area contributed by atoms with Gasteiger partial charge in [-0.1, -0.05) is 6.92 Å². The van der Waals surface area contributed by atoms with Gasteiger partial charge in [-0.15, -0.1) is 0 Å². The standard InChI is InChI=1S/C20H31N5O3/c1-3-23-11-13-24(14-12-23)17-5-8-21-18(15-17)19(26)22-16-6-9-25(10-7-16)20(27)28-4-2/h5,8,15-16H,3-4,6-7,9-14H2,1-2H3,(H,22,26). The van der Waals surface area contributed by atoms with Crippen LogP contribution in [0.25, 0.3) is 0 Å². The Balaban J connectivity index is 1.52. The molecule has 3 heterocycles. The smallest absolute Gasteiger partial charge is 0.409 e. The Labute approximate surface area is 166 Å². The number of likely N-dealkylation sites (tertiary alicyclic amines) is 1. The number of likely N-dealkylation sites (N-methyl/N-ethyl adjacent to an activating group) is 1. The van der Waals surface area contributed by atoms with Gasteiger partial charge in [-0.25, -0.2) is 4.79 Å². The number of nitrogens with zero attached hydrogens (tertiary/aromatic N) is 4.